The molecule has 0 spiro atoms. The summed E-state index contributed by atoms with van der Waals surface area (Å²) in [5, 5.41) is 2.71. The number of hydrogen-bond acceptors (Lipinski definition) is 3. The minimum atomic E-state index is -1.25. The van der Waals surface area contributed by atoms with E-state index >= 15 is 0 Å². The lowest BCUT2D eigenvalue weighted by Crippen LogP contribution is -2.22. The second kappa shape index (κ2) is 8.70. The van der Waals surface area contributed by atoms with Crippen LogP contribution in [0.15, 0.2) is 59.1 Å². The SMILES string of the molecule is O=C(C[S@@](=O)CCOc1cccc(Br)c1)Nc1ccccc1. The van der Waals surface area contributed by atoms with Crippen molar-refractivity contribution >= 4 is 38.3 Å². The topological polar surface area (TPSA) is 55.4 Å². The Hall–Kier alpha value is -1.66. The molecule has 0 fully saturated rings. The zero-order valence-corrected chi connectivity index (χ0v) is 14.2. The van der Waals surface area contributed by atoms with E-state index in [1.807, 2.05) is 42.5 Å². The van der Waals surface area contributed by atoms with Crippen LogP contribution in [0.3, 0.4) is 0 Å². The molecule has 2 aromatic rings. The Labute approximate surface area is 140 Å². The van der Waals surface area contributed by atoms with Gasteiger partial charge in [0.05, 0.1) is 12.4 Å². The molecule has 116 valence electrons. The number of rotatable bonds is 7. The zero-order valence-electron chi connectivity index (χ0n) is 11.8. The molecule has 22 heavy (non-hydrogen) atoms. The average molecular weight is 382 g/mol. The molecule has 0 saturated heterocycles. The van der Waals surface area contributed by atoms with E-state index < -0.39 is 10.8 Å². The summed E-state index contributed by atoms with van der Waals surface area (Å²) in [6, 6.07) is 16.5. The minimum Gasteiger partial charge on any atom is -0.493 e. The molecular formula is C16H16BrNO3S. The number of carbonyl (C=O) groups is 1. The van der Waals surface area contributed by atoms with Crippen LogP contribution in [0.1, 0.15) is 0 Å². The number of benzene rings is 2. The lowest BCUT2D eigenvalue weighted by Gasteiger charge is -2.07. The predicted molar refractivity (Wildman–Crippen MR) is 92.6 cm³/mol. The fourth-order valence-electron chi connectivity index (χ4n) is 1.75. The molecule has 2 rings (SSSR count). The first-order valence-electron chi connectivity index (χ1n) is 6.72. The second-order valence-electron chi connectivity index (χ2n) is 4.51. The van der Waals surface area contributed by atoms with Gasteiger partial charge in [0, 0.05) is 21.0 Å². The van der Waals surface area contributed by atoms with Crippen molar-refractivity contribution in [2.75, 3.05) is 23.4 Å². The molecule has 0 bridgehead atoms. The van der Waals surface area contributed by atoms with Crippen LogP contribution in [0.25, 0.3) is 0 Å². The van der Waals surface area contributed by atoms with E-state index in [1.165, 1.54) is 0 Å². The Bertz CT molecular complexity index is 649. The number of hydrogen-bond donors (Lipinski definition) is 1. The fourth-order valence-corrected chi connectivity index (χ4v) is 2.90. The second-order valence-corrected chi connectivity index (χ2v) is 7.00. The van der Waals surface area contributed by atoms with Gasteiger partial charge in [-0.3, -0.25) is 9.00 Å². The molecule has 0 aliphatic rings. The summed E-state index contributed by atoms with van der Waals surface area (Å²) in [7, 11) is -1.25. The Balaban J connectivity index is 1.70. The monoisotopic (exact) mass is 381 g/mol. The van der Waals surface area contributed by atoms with Crippen molar-refractivity contribution in [3.05, 3.63) is 59.1 Å². The molecule has 1 N–H and O–H groups in total. The van der Waals surface area contributed by atoms with Gasteiger partial charge in [-0.2, -0.15) is 0 Å². The first kappa shape index (κ1) is 16.7. The number of amides is 1. The highest BCUT2D eigenvalue weighted by Gasteiger charge is 2.08. The van der Waals surface area contributed by atoms with E-state index in [-0.39, 0.29) is 11.7 Å². The Morgan fingerprint density at radius 3 is 2.64 bits per heavy atom. The number of nitrogens with one attached hydrogen (secondary N) is 1. The van der Waals surface area contributed by atoms with Crippen molar-refractivity contribution in [2.24, 2.45) is 0 Å². The van der Waals surface area contributed by atoms with Crippen molar-refractivity contribution < 1.29 is 13.7 Å². The third-order valence-corrected chi connectivity index (χ3v) is 4.42. The van der Waals surface area contributed by atoms with E-state index in [1.54, 1.807) is 12.1 Å². The van der Waals surface area contributed by atoms with Crippen LogP contribution < -0.4 is 10.1 Å². The Kier molecular flexibility index (Phi) is 6.61. The van der Waals surface area contributed by atoms with Crippen molar-refractivity contribution in [3.63, 3.8) is 0 Å². The van der Waals surface area contributed by atoms with Gasteiger partial charge in [-0.05, 0) is 30.3 Å². The normalized spacial score (nSPS) is 11.7. The maximum Gasteiger partial charge on any atom is 0.236 e. The number of carbonyl (C=O) groups excluding carboxylic acids is 1. The molecule has 1 atom stereocenters. The molecule has 0 unspecified atom stereocenters. The molecule has 6 heteroatoms. The summed E-state index contributed by atoms with van der Waals surface area (Å²) >= 11 is 3.35. The Morgan fingerprint density at radius 2 is 1.91 bits per heavy atom. The molecule has 0 saturated carbocycles. The first-order valence-corrected chi connectivity index (χ1v) is 9.00. The lowest BCUT2D eigenvalue weighted by molar-refractivity contribution is -0.113. The van der Waals surface area contributed by atoms with Gasteiger partial charge in [-0.1, -0.05) is 40.2 Å². The summed E-state index contributed by atoms with van der Waals surface area (Å²) in [5.74, 6) is 0.734. The quantitative estimate of drug-likeness (QED) is 0.800. The van der Waals surface area contributed by atoms with E-state index in [2.05, 4.69) is 21.2 Å². The van der Waals surface area contributed by atoms with E-state index in [4.69, 9.17) is 4.74 Å². The fraction of sp³-hybridized carbons (Fsp3) is 0.188. The van der Waals surface area contributed by atoms with Crippen LogP contribution in [-0.2, 0) is 15.6 Å². The van der Waals surface area contributed by atoms with E-state index in [0.717, 1.165) is 4.47 Å². The van der Waals surface area contributed by atoms with Crippen LogP contribution >= 0.6 is 15.9 Å². The van der Waals surface area contributed by atoms with E-state index in [0.29, 0.717) is 23.8 Å². The standard InChI is InChI=1S/C16H16BrNO3S/c17-13-5-4-8-15(11-13)21-9-10-22(20)12-16(19)18-14-6-2-1-3-7-14/h1-8,11H,9-10,12H2,(H,18,19)/t22-/m0/s1. The number of halogens is 1. The molecule has 0 heterocycles. The van der Waals surface area contributed by atoms with Crippen LogP contribution in [0.2, 0.25) is 0 Å². The molecular weight excluding hydrogens is 366 g/mol. The van der Waals surface area contributed by atoms with Gasteiger partial charge in [0.25, 0.3) is 0 Å². The van der Waals surface area contributed by atoms with Crippen molar-refractivity contribution in [2.45, 2.75) is 0 Å². The van der Waals surface area contributed by atoms with E-state index in [9.17, 15) is 9.00 Å². The molecule has 0 aliphatic carbocycles. The molecule has 2 aromatic carbocycles. The highest BCUT2D eigenvalue weighted by molar-refractivity contribution is 9.10. The summed E-state index contributed by atoms with van der Waals surface area (Å²) in [5.41, 5.74) is 0.704. The van der Waals surface area contributed by atoms with Crippen molar-refractivity contribution in [1.82, 2.24) is 0 Å². The highest BCUT2D eigenvalue weighted by atomic mass is 79.9. The van der Waals surface area contributed by atoms with Gasteiger partial charge in [0.1, 0.15) is 11.5 Å². The largest absolute Gasteiger partial charge is 0.493 e. The predicted octanol–water partition coefficient (Wildman–Crippen LogP) is 3.22. The zero-order chi connectivity index (χ0) is 15.8. The van der Waals surface area contributed by atoms with Crippen LogP contribution in [-0.4, -0.2) is 28.2 Å². The average Bonchev–Trinajstić information content (AvgIpc) is 2.48. The third kappa shape index (κ3) is 5.99. The first-order chi connectivity index (χ1) is 10.6. The summed E-state index contributed by atoms with van der Waals surface area (Å²) < 4.78 is 18.3. The van der Waals surface area contributed by atoms with Crippen LogP contribution in [0.4, 0.5) is 5.69 Å². The summed E-state index contributed by atoms with van der Waals surface area (Å²) in [6.07, 6.45) is 0. The molecule has 0 radical (unpaired) electrons. The number of anilines is 1. The van der Waals surface area contributed by atoms with Gasteiger partial charge in [-0.15, -0.1) is 0 Å². The molecule has 4 nitrogen and oxygen atoms in total. The van der Waals surface area contributed by atoms with Gasteiger partial charge in [0.15, 0.2) is 0 Å². The summed E-state index contributed by atoms with van der Waals surface area (Å²) in [4.78, 5) is 11.7. The number of ether oxygens (including phenoxy) is 1. The van der Waals surface area contributed by atoms with Gasteiger partial charge in [0.2, 0.25) is 5.91 Å². The van der Waals surface area contributed by atoms with Crippen molar-refractivity contribution in [3.8, 4) is 5.75 Å². The maximum atomic E-state index is 11.9. The van der Waals surface area contributed by atoms with Gasteiger partial charge < -0.3 is 10.1 Å². The number of para-hydroxylation sites is 1. The van der Waals surface area contributed by atoms with Gasteiger partial charge in [-0.25, -0.2) is 0 Å². The molecule has 0 aliphatic heterocycles. The molecule has 0 aromatic heterocycles. The molecule has 1 amide bonds. The highest BCUT2D eigenvalue weighted by Crippen LogP contribution is 2.17. The van der Waals surface area contributed by atoms with Gasteiger partial charge >= 0.3 is 0 Å². The van der Waals surface area contributed by atoms with Crippen LogP contribution in [0, 0.1) is 0 Å². The minimum absolute atomic E-state index is 0.0310. The smallest absolute Gasteiger partial charge is 0.236 e. The van der Waals surface area contributed by atoms with Crippen LogP contribution in [0.5, 0.6) is 5.75 Å². The maximum absolute atomic E-state index is 11.9. The third-order valence-electron chi connectivity index (χ3n) is 2.73. The lowest BCUT2D eigenvalue weighted by atomic mass is 10.3. The summed E-state index contributed by atoms with van der Waals surface area (Å²) in [6.45, 7) is 0.307. The van der Waals surface area contributed by atoms with Crippen molar-refractivity contribution in [1.29, 1.82) is 0 Å². The Morgan fingerprint density at radius 1 is 1.14 bits per heavy atom.